The number of nitrogens with zero attached hydrogens (tertiary/aromatic N) is 1. The lowest BCUT2D eigenvalue weighted by atomic mass is 10.2. The molecule has 3 N–H and O–H groups in total. The van der Waals surface area contributed by atoms with Crippen LogP contribution >= 0.6 is 11.8 Å². The van der Waals surface area contributed by atoms with Crippen LogP contribution in [0.4, 0.5) is 21.5 Å². The maximum Gasteiger partial charge on any atom is 0.295 e. The van der Waals surface area contributed by atoms with Gasteiger partial charge in [0, 0.05) is 4.90 Å². The molecular formula is C14H12FN3O3S. The molecule has 0 aliphatic carbocycles. The number of carbonyl (C=O) groups excluding carboxylic acids is 1. The van der Waals surface area contributed by atoms with E-state index in [0.29, 0.717) is 10.6 Å². The van der Waals surface area contributed by atoms with Gasteiger partial charge >= 0.3 is 0 Å². The quantitative estimate of drug-likeness (QED) is 0.484. The number of nitrogens with one attached hydrogen (secondary N) is 1. The van der Waals surface area contributed by atoms with Crippen molar-refractivity contribution in [2.24, 2.45) is 5.73 Å². The van der Waals surface area contributed by atoms with E-state index in [4.69, 9.17) is 5.73 Å². The second kappa shape index (κ2) is 6.90. The van der Waals surface area contributed by atoms with E-state index in [1.807, 2.05) is 0 Å². The standard InChI is InChI=1S/C14H12FN3O3S/c15-9-5-6-10(12(7-9)18(20)21)17-11-3-1-2-4-13(11)22-8-14(16)19/h1-7,17H,8H2,(H2,16,19). The Bertz CT molecular complexity index is 724. The maximum absolute atomic E-state index is 13.1. The predicted octanol–water partition coefficient (Wildman–Crippen LogP) is 3.05. The molecular weight excluding hydrogens is 309 g/mol. The number of primary amides is 1. The number of amides is 1. The van der Waals surface area contributed by atoms with Gasteiger partial charge in [-0.3, -0.25) is 14.9 Å². The summed E-state index contributed by atoms with van der Waals surface area (Å²) in [6.45, 7) is 0. The van der Waals surface area contributed by atoms with Crippen molar-refractivity contribution in [1.82, 2.24) is 0 Å². The number of nitro groups is 1. The summed E-state index contributed by atoms with van der Waals surface area (Å²) in [5, 5.41) is 13.9. The van der Waals surface area contributed by atoms with Crippen molar-refractivity contribution in [3.63, 3.8) is 0 Å². The van der Waals surface area contributed by atoms with E-state index in [1.165, 1.54) is 17.8 Å². The zero-order valence-electron chi connectivity index (χ0n) is 11.3. The highest BCUT2D eigenvalue weighted by atomic mass is 32.2. The number of benzene rings is 2. The van der Waals surface area contributed by atoms with Crippen LogP contribution in [0.25, 0.3) is 0 Å². The molecule has 2 aromatic rings. The van der Waals surface area contributed by atoms with Crippen LogP contribution in [0.3, 0.4) is 0 Å². The Morgan fingerprint density at radius 2 is 2.00 bits per heavy atom. The average molecular weight is 321 g/mol. The number of rotatable bonds is 6. The third-order valence-electron chi connectivity index (χ3n) is 2.68. The molecule has 0 unspecified atom stereocenters. The second-order valence-electron chi connectivity index (χ2n) is 4.29. The van der Waals surface area contributed by atoms with Gasteiger partial charge in [-0.15, -0.1) is 11.8 Å². The number of nitro benzene ring substituents is 1. The van der Waals surface area contributed by atoms with E-state index in [9.17, 15) is 19.3 Å². The Kier molecular flexibility index (Phi) is 4.95. The van der Waals surface area contributed by atoms with Crippen molar-refractivity contribution >= 4 is 34.7 Å². The number of hydrogen-bond acceptors (Lipinski definition) is 5. The summed E-state index contributed by atoms with van der Waals surface area (Å²) in [5.74, 6) is -1.06. The Hall–Kier alpha value is -2.61. The topological polar surface area (TPSA) is 98.3 Å². The van der Waals surface area contributed by atoms with Crippen molar-refractivity contribution in [1.29, 1.82) is 0 Å². The molecule has 8 heteroatoms. The lowest BCUT2D eigenvalue weighted by Gasteiger charge is -2.11. The van der Waals surface area contributed by atoms with Crippen LogP contribution in [0.5, 0.6) is 0 Å². The number of nitrogens with two attached hydrogens (primary N) is 1. The summed E-state index contributed by atoms with van der Waals surface area (Å²) in [5.41, 5.74) is 5.48. The highest BCUT2D eigenvalue weighted by Gasteiger charge is 2.16. The van der Waals surface area contributed by atoms with Crippen LogP contribution in [-0.2, 0) is 4.79 Å². The van der Waals surface area contributed by atoms with Crippen molar-refractivity contribution in [2.45, 2.75) is 4.90 Å². The molecule has 0 aliphatic heterocycles. The van der Waals surface area contributed by atoms with Gasteiger partial charge in [0.1, 0.15) is 11.5 Å². The molecule has 0 aromatic heterocycles. The summed E-state index contributed by atoms with van der Waals surface area (Å²) >= 11 is 1.21. The normalized spacial score (nSPS) is 10.2. The molecule has 0 aliphatic rings. The van der Waals surface area contributed by atoms with Gasteiger partial charge < -0.3 is 11.1 Å². The first-order valence-electron chi connectivity index (χ1n) is 6.18. The molecule has 0 fully saturated rings. The zero-order valence-corrected chi connectivity index (χ0v) is 12.1. The Labute approximate surface area is 129 Å². The fourth-order valence-corrected chi connectivity index (χ4v) is 2.50. The van der Waals surface area contributed by atoms with E-state index in [0.717, 1.165) is 12.1 Å². The van der Waals surface area contributed by atoms with Gasteiger partial charge in [-0.1, -0.05) is 12.1 Å². The number of carbonyl (C=O) groups is 1. The van der Waals surface area contributed by atoms with Crippen molar-refractivity contribution in [2.75, 3.05) is 11.1 Å². The summed E-state index contributed by atoms with van der Waals surface area (Å²) in [4.78, 5) is 21.9. The zero-order chi connectivity index (χ0) is 16.1. The molecule has 0 heterocycles. The summed E-state index contributed by atoms with van der Waals surface area (Å²) in [6, 6.07) is 10.3. The fraction of sp³-hybridized carbons (Fsp3) is 0.0714. The van der Waals surface area contributed by atoms with E-state index in [2.05, 4.69) is 5.32 Å². The lowest BCUT2D eigenvalue weighted by molar-refractivity contribution is -0.384. The first kappa shape index (κ1) is 15.8. The molecule has 1 amide bonds. The highest BCUT2D eigenvalue weighted by molar-refractivity contribution is 8.00. The fourth-order valence-electron chi connectivity index (χ4n) is 1.75. The molecule has 114 valence electrons. The smallest absolute Gasteiger partial charge is 0.295 e. The van der Waals surface area contributed by atoms with Crippen molar-refractivity contribution in [3.05, 3.63) is 58.4 Å². The number of hydrogen-bond donors (Lipinski definition) is 2. The maximum atomic E-state index is 13.1. The minimum atomic E-state index is -0.686. The summed E-state index contributed by atoms with van der Waals surface area (Å²) < 4.78 is 13.1. The number of halogens is 1. The SMILES string of the molecule is NC(=O)CSc1ccccc1Nc1ccc(F)cc1[N+](=O)[O-]. The largest absolute Gasteiger partial charge is 0.369 e. The molecule has 0 saturated heterocycles. The van der Waals surface area contributed by atoms with Crippen LogP contribution in [0, 0.1) is 15.9 Å². The van der Waals surface area contributed by atoms with E-state index >= 15 is 0 Å². The third-order valence-corrected chi connectivity index (χ3v) is 3.78. The molecule has 6 nitrogen and oxygen atoms in total. The average Bonchev–Trinajstić information content (AvgIpc) is 2.48. The molecule has 22 heavy (non-hydrogen) atoms. The molecule has 0 bridgehead atoms. The highest BCUT2D eigenvalue weighted by Crippen LogP contribution is 2.33. The minimum absolute atomic E-state index is 0.0875. The van der Waals surface area contributed by atoms with Gasteiger partial charge in [-0.2, -0.15) is 0 Å². The second-order valence-corrected chi connectivity index (χ2v) is 5.31. The van der Waals surface area contributed by atoms with Crippen LogP contribution in [0.2, 0.25) is 0 Å². The van der Waals surface area contributed by atoms with Crippen LogP contribution in [0.1, 0.15) is 0 Å². The van der Waals surface area contributed by atoms with Gasteiger partial charge in [-0.05, 0) is 24.3 Å². The Morgan fingerprint density at radius 3 is 2.68 bits per heavy atom. The molecule has 2 rings (SSSR count). The molecule has 0 spiro atoms. The predicted molar refractivity (Wildman–Crippen MR) is 82.7 cm³/mol. The van der Waals surface area contributed by atoms with E-state index in [1.54, 1.807) is 24.3 Å². The Balaban J connectivity index is 2.31. The monoisotopic (exact) mass is 321 g/mol. The van der Waals surface area contributed by atoms with Gasteiger partial charge in [0.05, 0.1) is 22.4 Å². The molecule has 0 atom stereocenters. The van der Waals surface area contributed by atoms with E-state index in [-0.39, 0.29) is 17.1 Å². The number of thioether (sulfide) groups is 1. The minimum Gasteiger partial charge on any atom is -0.369 e. The van der Waals surface area contributed by atoms with Crippen molar-refractivity contribution < 1.29 is 14.1 Å². The first-order valence-corrected chi connectivity index (χ1v) is 7.17. The van der Waals surface area contributed by atoms with Crippen LogP contribution < -0.4 is 11.1 Å². The first-order chi connectivity index (χ1) is 10.5. The van der Waals surface area contributed by atoms with Crippen molar-refractivity contribution in [3.8, 4) is 0 Å². The van der Waals surface area contributed by atoms with Crippen LogP contribution in [0.15, 0.2) is 47.4 Å². The third kappa shape index (κ3) is 3.95. The molecule has 2 aromatic carbocycles. The van der Waals surface area contributed by atoms with Gasteiger partial charge in [0.25, 0.3) is 5.69 Å². The van der Waals surface area contributed by atoms with Gasteiger partial charge in [-0.25, -0.2) is 4.39 Å². The number of anilines is 2. The van der Waals surface area contributed by atoms with Gasteiger partial charge in [0.2, 0.25) is 5.91 Å². The van der Waals surface area contributed by atoms with Gasteiger partial charge in [0.15, 0.2) is 0 Å². The lowest BCUT2D eigenvalue weighted by Crippen LogP contribution is -2.13. The van der Waals surface area contributed by atoms with Crippen LogP contribution in [-0.4, -0.2) is 16.6 Å². The Morgan fingerprint density at radius 1 is 1.27 bits per heavy atom. The molecule has 0 radical (unpaired) electrons. The summed E-state index contributed by atoms with van der Waals surface area (Å²) in [7, 11) is 0. The summed E-state index contributed by atoms with van der Waals surface area (Å²) in [6.07, 6.45) is 0. The van der Waals surface area contributed by atoms with E-state index < -0.39 is 16.6 Å². The number of para-hydroxylation sites is 1. The molecule has 0 saturated carbocycles.